The van der Waals surface area contributed by atoms with Crippen LogP contribution < -0.4 is 0 Å². The Bertz CT molecular complexity index is 941. The fraction of sp³-hybridized carbons (Fsp3) is 0.308. The lowest BCUT2D eigenvalue weighted by molar-refractivity contribution is -0.138. The summed E-state index contributed by atoms with van der Waals surface area (Å²) in [4.78, 5) is 2.05. The van der Waals surface area contributed by atoms with Crippen LogP contribution in [0, 0.1) is 5.92 Å². The molecule has 0 bridgehead atoms. The summed E-state index contributed by atoms with van der Waals surface area (Å²) in [6.07, 6.45) is -2.95. The average Bonchev–Trinajstić information content (AvgIpc) is 2.80. The van der Waals surface area contributed by atoms with E-state index < -0.39 is 17.3 Å². The Morgan fingerprint density at radius 3 is 1.74 bits per heavy atom. The van der Waals surface area contributed by atoms with Gasteiger partial charge in [0.1, 0.15) is 5.60 Å². The molecule has 0 aliphatic carbocycles. The maximum atomic E-state index is 13.3. The third kappa shape index (κ3) is 4.53. The molecule has 5 heteroatoms. The second-order valence-electron chi connectivity index (χ2n) is 8.20. The van der Waals surface area contributed by atoms with Crippen LogP contribution in [0.15, 0.2) is 84.9 Å². The second-order valence-corrected chi connectivity index (χ2v) is 8.20. The van der Waals surface area contributed by atoms with Crippen LogP contribution in [-0.4, -0.2) is 23.1 Å². The van der Waals surface area contributed by atoms with Gasteiger partial charge < -0.3 is 5.11 Å². The zero-order valence-electron chi connectivity index (χ0n) is 17.2. The maximum absolute atomic E-state index is 13.3. The molecule has 0 aromatic heterocycles. The number of aliphatic hydroxyl groups is 1. The summed E-state index contributed by atoms with van der Waals surface area (Å²) in [5, 5.41) is 11.9. The number of piperidine rings is 1. The molecule has 1 aliphatic rings. The molecule has 3 aromatic carbocycles. The van der Waals surface area contributed by atoms with E-state index in [1.807, 2.05) is 60.7 Å². The molecular weight excluding hydrogens is 399 g/mol. The summed E-state index contributed by atoms with van der Waals surface area (Å²) in [5.74, 6) is -0.0218. The zero-order valence-corrected chi connectivity index (χ0v) is 17.2. The standard InChI is InChI=1S/C26H26F3NO/c27-26(28,29)24-14-8-7-9-20(24)19-30-17-15-23(16-18-30)25(31,21-10-3-1-4-11-21)22-12-5-2-6-13-22/h1-14,23,31H,15-19H2. The summed E-state index contributed by atoms with van der Waals surface area (Å²) >= 11 is 0. The van der Waals surface area contributed by atoms with Crippen molar-refractivity contribution in [2.24, 2.45) is 5.92 Å². The molecule has 1 fully saturated rings. The third-order valence-corrected chi connectivity index (χ3v) is 6.32. The van der Waals surface area contributed by atoms with Gasteiger partial charge in [0.25, 0.3) is 0 Å². The molecule has 2 nitrogen and oxygen atoms in total. The molecule has 0 radical (unpaired) electrons. The first-order valence-corrected chi connectivity index (χ1v) is 10.6. The molecule has 1 heterocycles. The molecule has 1 saturated heterocycles. The number of halogens is 3. The highest BCUT2D eigenvalue weighted by Gasteiger charge is 2.41. The SMILES string of the molecule is OC(c1ccccc1)(c1ccccc1)C1CCN(Cc2ccccc2C(F)(F)F)CC1. The van der Waals surface area contributed by atoms with Crippen LogP contribution in [-0.2, 0) is 18.3 Å². The highest BCUT2D eigenvalue weighted by molar-refractivity contribution is 5.37. The lowest BCUT2D eigenvalue weighted by atomic mass is 9.72. The van der Waals surface area contributed by atoms with E-state index in [0.717, 1.165) is 17.2 Å². The van der Waals surface area contributed by atoms with Crippen molar-refractivity contribution in [1.82, 2.24) is 4.90 Å². The summed E-state index contributed by atoms with van der Waals surface area (Å²) in [6.45, 7) is 1.54. The van der Waals surface area contributed by atoms with Crippen LogP contribution in [0.5, 0.6) is 0 Å². The Morgan fingerprint density at radius 1 is 0.742 bits per heavy atom. The number of nitrogens with zero attached hydrogens (tertiary/aromatic N) is 1. The first-order valence-electron chi connectivity index (χ1n) is 10.6. The molecule has 0 spiro atoms. The average molecular weight is 425 g/mol. The Morgan fingerprint density at radius 2 is 1.23 bits per heavy atom. The van der Waals surface area contributed by atoms with E-state index in [-0.39, 0.29) is 12.5 Å². The van der Waals surface area contributed by atoms with Gasteiger partial charge in [0.2, 0.25) is 0 Å². The lowest BCUT2D eigenvalue weighted by Gasteiger charge is -2.42. The van der Waals surface area contributed by atoms with Crippen molar-refractivity contribution in [3.63, 3.8) is 0 Å². The second kappa shape index (κ2) is 8.85. The number of hydrogen-bond acceptors (Lipinski definition) is 2. The fourth-order valence-electron chi connectivity index (χ4n) is 4.71. The van der Waals surface area contributed by atoms with Gasteiger partial charge in [-0.05, 0) is 54.6 Å². The molecule has 3 aromatic rings. The van der Waals surface area contributed by atoms with E-state index in [2.05, 4.69) is 4.90 Å². The van der Waals surface area contributed by atoms with Crippen molar-refractivity contribution in [2.75, 3.05) is 13.1 Å². The van der Waals surface area contributed by atoms with Crippen molar-refractivity contribution in [2.45, 2.75) is 31.2 Å². The highest BCUT2D eigenvalue weighted by Crippen LogP contribution is 2.42. The van der Waals surface area contributed by atoms with E-state index in [9.17, 15) is 18.3 Å². The molecule has 0 unspecified atom stereocenters. The van der Waals surface area contributed by atoms with Crippen LogP contribution in [0.2, 0.25) is 0 Å². The third-order valence-electron chi connectivity index (χ3n) is 6.32. The molecule has 162 valence electrons. The topological polar surface area (TPSA) is 23.5 Å². The lowest BCUT2D eigenvalue weighted by Crippen LogP contribution is -2.44. The summed E-state index contributed by atoms with van der Waals surface area (Å²) in [6, 6.07) is 25.1. The van der Waals surface area contributed by atoms with E-state index in [0.29, 0.717) is 31.5 Å². The van der Waals surface area contributed by atoms with Gasteiger partial charge >= 0.3 is 6.18 Å². The number of likely N-dealkylation sites (tertiary alicyclic amines) is 1. The molecule has 0 saturated carbocycles. The Hall–Kier alpha value is -2.63. The van der Waals surface area contributed by atoms with Crippen LogP contribution in [0.3, 0.4) is 0 Å². The van der Waals surface area contributed by atoms with Gasteiger partial charge in [-0.1, -0.05) is 78.9 Å². The largest absolute Gasteiger partial charge is 0.416 e. The van der Waals surface area contributed by atoms with Gasteiger partial charge in [-0.3, -0.25) is 4.90 Å². The smallest absolute Gasteiger partial charge is 0.380 e. The number of benzene rings is 3. The van der Waals surface area contributed by atoms with Gasteiger partial charge in [0.05, 0.1) is 5.56 Å². The van der Waals surface area contributed by atoms with Crippen molar-refractivity contribution >= 4 is 0 Å². The maximum Gasteiger partial charge on any atom is 0.416 e. The van der Waals surface area contributed by atoms with Crippen molar-refractivity contribution < 1.29 is 18.3 Å². The summed E-state index contributed by atoms with van der Waals surface area (Å²) < 4.78 is 40.0. The van der Waals surface area contributed by atoms with Crippen molar-refractivity contribution in [1.29, 1.82) is 0 Å². The first kappa shape index (κ1) is 21.6. The Kier molecular flexibility index (Phi) is 6.17. The highest BCUT2D eigenvalue weighted by atomic mass is 19.4. The minimum atomic E-state index is -4.35. The zero-order chi connectivity index (χ0) is 21.9. The number of hydrogen-bond donors (Lipinski definition) is 1. The molecule has 0 atom stereocenters. The van der Waals surface area contributed by atoms with Gasteiger partial charge in [-0.15, -0.1) is 0 Å². The molecular formula is C26H26F3NO. The molecule has 0 amide bonds. The van der Waals surface area contributed by atoms with Crippen LogP contribution >= 0.6 is 0 Å². The van der Waals surface area contributed by atoms with Gasteiger partial charge in [-0.2, -0.15) is 13.2 Å². The number of rotatable bonds is 5. The predicted molar refractivity (Wildman–Crippen MR) is 115 cm³/mol. The van der Waals surface area contributed by atoms with E-state index in [4.69, 9.17) is 0 Å². The van der Waals surface area contributed by atoms with Crippen LogP contribution in [0.25, 0.3) is 0 Å². The minimum Gasteiger partial charge on any atom is -0.380 e. The van der Waals surface area contributed by atoms with Crippen LogP contribution in [0.4, 0.5) is 13.2 Å². The monoisotopic (exact) mass is 425 g/mol. The van der Waals surface area contributed by atoms with E-state index >= 15 is 0 Å². The Labute approximate surface area is 181 Å². The molecule has 1 N–H and O–H groups in total. The van der Waals surface area contributed by atoms with Gasteiger partial charge in [-0.25, -0.2) is 0 Å². The summed E-state index contributed by atoms with van der Waals surface area (Å²) in [7, 11) is 0. The fourth-order valence-corrected chi connectivity index (χ4v) is 4.71. The molecule has 4 rings (SSSR count). The molecule has 31 heavy (non-hydrogen) atoms. The number of alkyl halides is 3. The Balaban J connectivity index is 1.53. The van der Waals surface area contributed by atoms with Gasteiger partial charge in [0.15, 0.2) is 0 Å². The van der Waals surface area contributed by atoms with Gasteiger partial charge in [0, 0.05) is 6.54 Å². The normalized spacial score (nSPS) is 16.4. The first-order chi connectivity index (χ1) is 14.9. The van der Waals surface area contributed by atoms with Crippen LogP contribution in [0.1, 0.15) is 35.1 Å². The predicted octanol–water partition coefficient (Wildman–Crippen LogP) is 5.85. The minimum absolute atomic E-state index is 0.0218. The van der Waals surface area contributed by atoms with Crippen molar-refractivity contribution in [3.05, 3.63) is 107 Å². The van der Waals surface area contributed by atoms with Crippen molar-refractivity contribution in [3.8, 4) is 0 Å². The quantitative estimate of drug-likeness (QED) is 0.554. The summed E-state index contributed by atoms with van der Waals surface area (Å²) in [5.41, 5.74) is 0.305. The van der Waals surface area contributed by atoms with E-state index in [1.54, 1.807) is 12.1 Å². The van der Waals surface area contributed by atoms with E-state index in [1.165, 1.54) is 6.07 Å². The molecule has 1 aliphatic heterocycles.